The van der Waals surface area contributed by atoms with Gasteiger partial charge in [-0.1, -0.05) is 47.4 Å². The number of benzene rings is 4. The Morgan fingerprint density at radius 2 is 0.980 bits per heavy atom. The van der Waals surface area contributed by atoms with Crippen molar-refractivity contribution in [3.63, 3.8) is 0 Å². The van der Waals surface area contributed by atoms with E-state index >= 15 is 0 Å². The molecule has 0 spiro atoms. The average molecular weight is 821 g/mol. The van der Waals surface area contributed by atoms with Crippen molar-refractivity contribution in [2.45, 2.75) is 13.8 Å². The average Bonchev–Trinajstić information content (AvgIpc) is 3.41. The van der Waals surface area contributed by atoms with E-state index in [-0.39, 0.29) is 40.8 Å². The van der Waals surface area contributed by atoms with Crippen molar-refractivity contribution in [3.8, 4) is 51.5 Å². The van der Waals surface area contributed by atoms with E-state index in [4.69, 9.17) is 19.4 Å². The molecule has 0 bridgehead atoms. The number of hydrogen-bond acceptors (Lipinski definition) is 6. The van der Waals surface area contributed by atoms with Gasteiger partial charge < -0.3 is 24.0 Å². The summed E-state index contributed by atoms with van der Waals surface area (Å²) in [7, 11) is 0. The van der Waals surface area contributed by atoms with E-state index in [2.05, 4.69) is 34.2 Å². The summed E-state index contributed by atoms with van der Waals surface area (Å²) in [6.07, 6.45) is 3.52. The molecule has 242 valence electrons. The Bertz CT molecular complexity index is 2240. The SMILES string of the molecule is Cc1cc(C)nc(-n2c3[c-]c(Oc4[c-]c(-c5ccccn5)ccc4)ccc3c3ccc(Oc4[c-]c(-c5ccccn5)ccc4)[c-]c32)n1.[Pd+2].[Pd+2]. The molecule has 49 heavy (non-hydrogen) atoms. The van der Waals surface area contributed by atoms with Crippen LogP contribution in [0.25, 0.3) is 50.3 Å². The van der Waals surface area contributed by atoms with Crippen molar-refractivity contribution >= 4 is 21.8 Å². The summed E-state index contributed by atoms with van der Waals surface area (Å²) < 4.78 is 14.5. The molecule has 4 aromatic carbocycles. The van der Waals surface area contributed by atoms with E-state index in [1.165, 1.54) is 0 Å². The van der Waals surface area contributed by atoms with E-state index in [0.29, 0.717) is 28.9 Å². The number of ether oxygens (including phenoxy) is 2. The number of nitrogens with zero attached hydrogens (tertiary/aromatic N) is 5. The maximum atomic E-state index is 6.30. The number of pyridine rings is 2. The molecule has 0 N–H and O–H groups in total. The Morgan fingerprint density at radius 3 is 1.43 bits per heavy atom. The maximum Gasteiger partial charge on any atom is 2.00 e. The van der Waals surface area contributed by atoms with Gasteiger partial charge in [-0.05, 0) is 43.4 Å². The van der Waals surface area contributed by atoms with Crippen LogP contribution in [0.2, 0.25) is 0 Å². The molecule has 0 radical (unpaired) electrons. The minimum Gasteiger partial charge on any atom is -0.503 e. The first-order valence-electron chi connectivity index (χ1n) is 15.1. The van der Waals surface area contributed by atoms with E-state index in [1.54, 1.807) is 12.4 Å². The second kappa shape index (κ2) is 14.6. The normalized spacial score (nSPS) is 10.7. The van der Waals surface area contributed by atoms with E-state index in [9.17, 15) is 0 Å². The monoisotopic (exact) mass is 819 g/mol. The first-order chi connectivity index (χ1) is 23.1. The molecule has 0 unspecified atom stereocenters. The maximum absolute atomic E-state index is 6.30. The van der Waals surface area contributed by atoms with Crippen LogP contribution in [0.3, 0.4) is 0 Å². The van der Waals surface area contributed by atoms with Crippen LogP contribution in [0.4, 0.5) is 0 Å². The molecule has 0 fully saturated rings. The fourth-order valence-corrected chi connectivity index (χ4v) is 5.55. The fourth-order valence-electron chi connectivity index (χ4n) is 5.55. The predicted molar refractivity (Wildman–Crippen MR) is 181 cm³/mol. The summed E-state index contributed by atoms with van der Waals surface area (Å²) in [5.41, 5.74) is 6.52. The smallest absolute Gasteiger partial charge is 0.503 e. The molecule has 0 atom stereocenters. The van der Waals surface area contributed by atoms with Crippen LogP contribution in [0.15, 0.2) is 116 Å². The van der Waals surface area contributed by atoms with E-state index in [1.807, 2.05) is 122 Å². The minimum absolute atomic E-state index is 0. The molecule has 8 aromatic rings. The molecule has 0 aliphatic carbocycles. The first-order valence-corrected chi connectivity index (χ1v) is 15.1. The molecule has 8 rings (SSSR count). The Hall–Kier alpha value is -5.02. The van der Waals surface area contributed by atoms with Crippen LogP contribution >= 0.6 is 0 Å². The molecule has 9 heteroatoms. The van der Waals surface area contributed by atoms with Gasteiger partial charge in [0.15, 0.2) is 0 Å². The fraction of sp³-hybridized carbons (Fsp3) is 0.0500. The molecule has 0 saturated carbocycles. The number of hydrogen-bond donors (Lipinski definition) is 0. The van der Waals surface area contributed by atoms with Gasteiger partial charge in [-0.3, -0.25) is 0 Å². The zero-order valence-electron chi connectivity index (χ0n) is 26.2. The number of aryl methyl sites for hydroxylation is 2. The molecule has 0 amide bonds. The minimum atomic E-state index is 0. The van der Waals surface area contributed by atoms with Crippen LogP contribution in [0.1, 0.15) is 11.4 Å². The van der Waals surface area contributed by atoms with Gasteiger partial charge in [-0.25, -0.2) is 9.97 Å². The van der Waals surface area contributed by atoms with Gasteiger partial charge in [0.1, 0.15) is 0 Å². The van der Waals surface area contributed by atoms with Gasteiger partial charge >= 0.3 is 40.8 Å². The third-order valence-electron chi connectivity index (χ3n) is 7.56. The molecular weight excluding hydrogens is 795 g/mol. The molecular formula is C40H25N5O2Pd2. The Balaban J connectivity index is 0.00000208. The number of rotatable bonds is 7. The zero-order chi connectivity index (χ0) is 31.7. The Morgan fingerprint density at radius 1 is 0.510 bits per heavy atom. The van der Waals surface area contributed by atoms with Gasteiger partial charge in [0.25, 0.3) is 0 Å². The third-order valence-corrected chi connectivity index (χ3v) is 7.56. The van der Waals surface area contributed by atoms with E-state index < -0.39 is 0 Å². The molecule has 4 aromatic heterocycles. The van der Waals surface area contributed by atoms with Crippen molar-refractivity contribution in [2.24, 2.45) is 0 Å². The van der Waals surface area contributed by atoms with Crippen molar-refractivity contribution in [1.29, 1.82) is 0 Å². The zero-order valence-corrected chi connectivity index (χ0v) is 29.3. The largest absolute Gasteiger partial charge is 2.00 e. The number of fused-ring (bicyclic) bond motifs is 3. The van der Waals surface area contributed by atoms with Crippen molar-refractivity contribution in [1.82, 2.24) is 24.5 Å². The van der Waals surface area contributed by atoms with Crippen LogP contribution in [-0.2, 0) is 40.8 Å². The summed E-state index contributed by atoms with van der Waals surface area (Å²) >= 11 is 0. The van der Waals surface area contributed by atoms with Crippen LogP contribution in [0, 0.1) is 38.1 Å². The van der Waals surface area contributed by atoms with Gasteiger partial charge in [0.2, 0.25) is 5.95 Å². The van der Waals surface area contributed by atoms with Crippen LogP contribution in [-0.4, -0.2) is 24.5 Å². The van der Waals surface area contributed by atoms with Gasteiger partial charge in [0.05, 0.1) is 0 Å². The summed E-state index contributed by atoms with van der Waals surface area (Å²) in [5, 5.41) is 1.90. The van der Waals surface area contributed by atoms with Crippen LogP contribution in [0.5, 0.6) is 23.0 Å². The summed E-state index contributed by atoms with van der Waals surface area (Å²) in [6, 6.07) is 46.4. The topological polar surface area (TPSA) is 75.0 Å². The second-order valence-corrected chi connectivity index (χ2v) is 10.9. The third kappa shape index (κ3) is 7.08. The quantitative estimate of drug-likeness (QED) is 0.118. The molecule has 0 aliphatic heterocycles. The van der Waals surface area contributed by atoms with Gasteiger partial charge in [-0.2, -0.15) is 22.9 Å². The molecule has 0 saturated heterocycles. The summed E-state index contributed by atoms with van der Waals surface area (Å²) in [5.74, 6) is 2.67. The second-order valence-electron chi connectivity index (χ2n) is 10.9. The number of aromatic nitrogens is 5. The van der Waals surface area contributed by atoms with Crippen LogP contribution < -0.4 is 9.47 Å². The Kier molecular flexibility index (Phi) is 10.1. The van der Waals surface area contributed by atoms with Crippen molar-refractivity contribution < 1.29 is 50.3 Å². The van der Waals surface area contributed by atoms with E-state index in [0.717, 1.165) is 55.7 Å². The van der Waals surface area contributed by atoms with Gasteiger partial charge in [-0.15, -0.1) is 71.8 Å². The van der Waals surface area contributed by atoms with Gasteiger partial charge in [0, 0.05) is 46.8 Å². The first kappa shape index (κ1) is 33.9. The van der Waals surface area contributed by atoms with Crippen molar-refractivity contribution in [3.05, 3.63) is 151 Å². The standard InChI is InChI=1S/C40H25N5O2.2Pd/c1-26-21-27(2)44-40(43-26)45-38-24-32(46-30-11-7-9-28(22-30)36-13-3-5-19-41-36)15-17-34(38)35-18-16-33(25-39(35)45)47-31-12-8-10-29(23-31)37-14-4-6-20-42-37;;/h3-21H,1-2H3;;/q-4;2*+2. The molecule has 4 heterocycles. The molecule has 0 aliphatic rings. The summed E-state index contributed by atoms with van der Waals surface area (Å²) in [6.45, 7) is 3.91. The predicted octanol–water partition coefficient (Wildman–Crippen LogP) is 9.09. The molecule has 7 nitrogen and oxygen atoms in total. The van der Waals surface area contributed by atoms with Crippen molar-refractivity contribution in [2.75, 3.05) is 0 Å². The summed E-state index contributed by atoms with van der Waals surface area (Å²) in [4.78, 5) is 18.5. The Labute approximate surface area is 311 Å².